The molecule has 0 heterocycles. The Kier molecular flexibility index (Phi) is 3.94. The van der Waals surface area contributed by atoms with Gasteiger partial charge in [0, 0.05) is 5.41 Å². The third kappa shape index (κ3) is 2.26. The fourth-order valence-corrected chi connectivity index (χ4v) is 5.42. The van der Waals surface area contributed by atoms with Crippen molar-refractivity contribution in [2.24, 2.45) is 0 Å². The molecule has 4 rings (SSSR count). The summed E-state index contributed by atoms with van der Waals surface area (Å²) in [6.45, 7) is 15.9. The summed E-state index contributed by atoms with van der Waals surface area (Å²) in [5.74, 6) is 0. The molecule has 0 N–H and O–H groups in total. The molecule has 2 aliphatic carbocycles. The molecule has 0 nitrogen and oxygen atoms in total. The monoisotopic (exact) mass is 320 g/mol. The molecule has 2 aromatic rings. The van der Waals surface area contributed by atoms with Gasteiger partial charge in [0.05, 0.1) is 0 Å². The Morgan fingerprint density at radius 1 is 0.667 bits per heavy atom. The molecule has 1 spiro atoms. The predicted molar refractivity (Wildman–Crippen MR) is 105 cm³/mol. The zero-order chi connectivity index (χ0) is 17.8. The summed E-state index contributed by atoms with van der Waals surface area (Å²) in [4.78, 5) is 0. The number of hydrogen-bond donors (Lipinski definition) is 0. The molecule has 0 saturated carbocycles. The van der Waals surface area contributed by atoms with Crippen molar-refractivity contribution in [3.05, 3.63) is 70.3 Å². The van der Waals surface area contributed by atoms with Gasteiger partial charge in [0.2, 0.25) is 0 Å². The first kappa shape index (κ1) is 17.3. The zero-order valence-corrected chi connectivity index (χ0v) is 16.5. The largest absolute Gasteiger partial charge is 0.0683 e. The Morgan fingerprint density at radius 3 is 1.75 bits per heavy atom. The van der Waals surface area contributed by atoms with Gasteiger partial charge in [-0.15, -0.1) is 0 Å². The number of rotatable bonds is 0. The van der Waals surface area contributed by atoms with Crippen LogP contribution in [0.3, 0.4) is 0 Å². The van der Waals surface area contributed by atoms with Crippen molar-refractivity contribution in [1.29, 1.82) is 0 Å². The van der Waals surface area contributed by atoms with E-state index >= 15 is 0 Å². The van der Waals surface area contributed by atoms with Crippen molar-refractivity contribution in [2.75, 3.05) is 0 Å². The van der Waals surface area contributed by atoms with Crippen LogP contribution in [0.1, 0.15) is 82.2 Å². The van der Waals surface area contributed by atoms with E-state index in [2.05, 4.69) is 77.1 Å². The van der Waals surface area contributed by atoms with Crippen molar-refractivity contribution in [1.82, 2.24) is 0 Å². The van der Waals surface area contributed by atoms with Gasteiger partial charge in [0.25, 0.3) is 0 Å². The average Bonchev–Trinajstić information content (AvgIpc) is 2.90. The third-order valence-electron chi connectivity index (χ3n) is 6.08. The Hall–Kier alpha value is -1.56. The highest BCUT2D eigenvalue weighted by molar-refractivity contribution is 5.59. The van der Waals surface area contributed by atoms with Crippen LogP contribution in [0.2, 0.25) is 0 Å². The van der Waals surface area contributed by atoms with Gasteiger partial charge in [-0.25, -0.2) is 0 Å². The van der Waals surface area contributed by atoms with E-state index < -0.39 is 0 Å². The molecule has 0 saturated heterocycles. The van der Waals surface area contributed by atoms with Gasteiger partial charge in [-0.2, -0.15) is 0 Å². The molecule has 0 aromatic heterocycles. The highest BCUT2D eigenvalue weighted by Crippen LogP contribution is 2.62. The number of aryl methyl sites for hydroxylation is 1. The van der Waals surface area contributed by atoms with Crippen LogP contribution >= 0.6 is 0 Å². The Bertz CT molecular complexity index is 759. The fraction of sp³-hybridized carbons (Fsp3) is 0.500. The summed E-state index contributed by atoms with van der Waals surface area (Å²) in [6.07, 6.45) is 2.47. The zero-order valence-electron chi connectivity index (χ0n) is 16.5. The first-order valence-corrected chi connectivity index (χ1v) is 9.48. The summed E-state index contributed by atoms with van der Waals surface area (Å²) < 4.78 is 0. The van der Waals surface area contributed by atoms with E-state index in [-0.39, 0.29) is 16.2 Å². The second-order valence-corrected chi connectivity index (χ2v) is 8.80. The summed E-state index contributed by atoms with van der Waals surface area (Å²) in [6, 6.07) is 16.3. The van der Waals surface area contributed by atoms with Gasteiger partial charge in [0.1, 0.15) is 0 Å². The first-order chi connectivity index (χ1) is 11.3. The maximum atomic E-state index is 2.46. The lowest BCUT2D eigenvalue weighted by atomic mass is 9.72. The molecular weight excluding hydrogens is 288 g/mol. The minimum Gasteiger partial charge on any atom is -0.0683 e. The molecule has 0 bridgehead atoms. The van der Waals surface area contributed by atoms with Crippen LogP contribution < -0.4 is 0 Å². The summed E-state index contributed by atoms with van der Waals surface area (Å²) in [5, 5.41) is 0. The van der Waals surface area contributed by atoms with Crippen molar-refractivity contribution < 1.29 is 0 Å². The van der Waals surface area contributed by atoms with Crippen LogP contribution in [0.25, 0.3) is 0 Å². The first-order valence-electron chi connectivity index (χ1n) is 9.48. The number of benzene rings is 2. The lowest BCUT2D eigenvalue weighted by Crippen LogP contribution is -2.27. The van der Waals surface area contributed by atoms with Crippen LogP contribution in [-0.4, -0.2) is 0 Å². The van der Waals surface area contributed by atoms with E-state index in [4.69, 9.17) is 0 Å². The van der Waals surface area contributed by atoms with Crippen molar-refractivity contribution >= 4 is 0 Å². The molecule has 2 aliphatic rings. The quantitative estimate of drug-likeness (QED) is 0.508. The van der Waals surface area contributed by atoms with Gasteiger partial charge < -0.3 is 0 Å². The van der Waals surface area contributed by atoms with Gasteiger partial charge >= 0.3 is 0 Å². The van der Waals surface area contributed by atoms with Gasteiger partial charge in [-0.3, -0.25) is 0 Å². The van der Waals surface area contributed by atoms with Crippen molar-refractivity contribution in [3.63, 3.8) is 0 Å². The second kappa shape index (κ2) is 5.48. The van der Waals surface area contributed by atoms with Gasteiger partial charge in [-0.1, -0.05) is 89.6 Å². The van der Waals surface area contributed by atoms with Crippen LogP contribution in [0.4, 0.5) is 0 Å². The molecule has 128 valence electrons. The lowest BCUT2D eigenvalue weighted by molar-refractivity contribution is 0.349. The SMILES string of the molecule is CC.Cc1ccc2c(c1)C1(CC(C)(C)c3ccccc31)CC2(C)C. The lowest BCUT2D eigenvalue weighted by Gasteiger charge is -2.30. The molecular formula is C24H32. The Morgan fingerprint density at radius 2 is 1.17 bits per heavy atom. The number of fused-ring (bicyclic) bond motifs is 4. The molecule has 0 amide bonds. The standard InChI is InChI=1S/C22H26.C2H6/c1-15-10-11-17-19(12-15)22(14-21(17,4)5)13-20(2,3)16-8-6-7-9-18(16)22;1-2/h6-12H,13-14H2,1-5H3;1-2H3. The maximum Gasteiger partial charge on any atom is 0.0225 e. The van der Waals surface area contributed by atoms with Crippen molar-refractivity contribution in [2.45, 2.75) is 77.6 Å². The summed E-state index contributed by atoms with van der Waals surface area (Å²) in [7, 11) is 0. The van der Waals surface area contributed by atoms with E-state index in [1.54, 1.807) is 22.3 Å². The topological polar surface area (TPSA) is 0 Å². The molecule has 24 heavy (non-hydrogen) atoms. The number of hydrogen-bond acceptors (Lipinski definition) is 0. The Balaban J connectivity index is 0.000000815. The smallest absolute Gasteiger partial charge is 0.0225 e. The van der Waals surface area contributed by atoms with Crippen molar-refractivity contribution in [3.8, 4) is 0 Å². The van der Waals surface area contributed by atoms with E-state index in [0.29, 0.717) is 0 Å². The van der Waals surface area contributed by atoms with E-state index in [1.807, 2.05) is 13.8 Å². The molecule has 0 radical (unpaired) electrons. The van der Waals surface area contributed by atoms with Crippen LogP contribution in [0.5, 0.6) is 0 Å². The Labute approximate surface area is 148 Å². The minimum absolute atomic E-state index is 0.213. The summed E-state index contributed by atoms with van der Waals surface area (Å²) >= 11 is 0. The van der Waals surface area contributed by atoms with Crippen LogP contribution in [0.15, 0.2) is 42.5 Å². The minimum atomic E-state index is 0.213. The third-order valence-corrected chi connectivity index (χ3v) is 6.08. The molecule has 0 fully saturated rings. The van der Waals surface area contributed by atoms with E-state index in [0.717, 1.165) is 0 Å². The van der Waals surface area contributed by atoms with Crippen LogP contribution in [-0.2, 0) is 16.2 Å². The molecule has 0 aliphatic heterocycles. The summed E-state index contributed by atoms with van der Waals surface area (Å²) in [5.41, 5.74) is 8.41. The molecule has 1 atom stereocenters. The fourth-order valence-electron chi connectivity index (χ4n) is 5.42. The maximum absolute atomic E-state index is 2.46. The normalized spacial score (nSPS) is 25.0. The van der Waals surface area contributed by atoms with E-state index in [1.165, 1.54) is 18.4 Å². The molecule has 2 aromatic carbocycles. The van der Waals surface area contributed by atoms with Gasteiger partial charge in [0.15, 0.2) is 0 Å². The van der Waals surface area contributed by atoms with Crippen LogP contribution in [0, 0.1) is 6.92 Å². The highest BCUT2D eigenvalue weighted by atomic mass is 14.6. The van der Waals surface area contributed by atoms with E-state index in [9.17, 15) is 0 Å². The van der Waals surface area contributed by atoms with Gasteiger partial charge in [-0.05, 0) is 52.8 Å². The highest BCUT2D eigenvalue weighted by Gasteiger charge is 2.55. The predicted octanol–water partition coefficient (Wildman–Crippen LogP) is 6.67. The average molecular weight is 321 g/mol. The second-order valence-electron chi connectivity index (χ2n) is 8.80. The molecule has 0 heteroatoms. The molecule has 1 unspecified atom stereocenters.